The van der Waals surface area contributed by atoms with Crippen molar-refractivity contribution in [1.82, 2.24) is 0 Å². The molecule has 1 fully saturated rings. The maximum Gasteiger partial charge on any atom is 0.249 e. The summed E-state index contributed by atoms with van der Waals surface area (Å²) in [5.74, 6) is -1.39. The van der Waals surface area contributed by atoms with Crippen molar-refractivity contribution in [1.29, 1.82) is 0 Å². The molecule has 0 N–H and O–H groups in total. The van der Waals surface area contributed by atoms with Crippen molar-refractivity contribution < 1.29 is 9.13 Å². The number of hydrogen-bond donors (Lipinski definition) is 0. The molecule has 1 heterocycles. The van der Waals surface area contributed by atoms with Gasteiger partial charge < -0.3 is 4.74 Å². The number of rotatable bonds is 2. The van der Waals surface area contributed by atoms with Gasteiger partial charge in [0.25, 0.3) is 0 Å². The van der Waals surface area contributed by atoms with Gasteiger partial charge in [-0.1, -0.05) is 13.8 Å². The molecule has 0 unspecified atom stereocenters. The van der Waals surface area contributed by atoms with E-state index in [-0.39, 0.29) is 0 Å². The van der Waals surface area contributed by atoms with Gasteiger partial charge in [0.2, 0.25) is 5.85 Å². The van der Waals surface area contributed by atoms with Gasteiger partial charge in [-0.15, -0.1) is 0 Å². The summed E-state index contributed by atoms with van der Waals surface area (Å²) in [7, 11) is 0. The van der Waals surface area contributed by atoms with Crippen molar-refractivity contribution in [3.8, 4) is 0 Å². The topological polar surface area (TPSA) is 12.5 Å². The number of alkyl halides is 2. The van der Waals surface area contributed by atoms with Crippen LogP contribution in [-0.4, -0.2) is 10.4 Å². The molecule has 2 atom stereocenters. The molecule has 9 heavy (non-hydrogen) atoms. The lowest BCUT2D eigenvalue weighted by molar-refractivity contribution is 0.136. The Kier molecular flexibility index (Phi) is 1.60. The van der Waals surface area contributed by atoms with Crippen LogP contribution in [0.3, 0.4) is 0 Å². The van der Waals surface area contributed by atoms with Crippen LogP contribution in [0.4, 0.5) is 4.39 Å². The summed E-state index contributed by atoms with van der Waals surface area (Å²) in [5, 5.41) is 0. The highest BCUT2D eigenvalue weighted by Gasteiger charge is 2.68. The number of halogens is 2. The summed E-state index contributed by atoms with van der Waals surface area (Å²) in [6, 6.07) is 0. The van der Waals surface area contributed by atoms with Crippen LogP contribution in [0.2, 0.25) is 0 Å². The lowest BCUT2D eigenvalue weighted by Crippen LogP contribution is -2.12. The van der Waals surface area contributed by atoms with Crippen LogP contribution in [0, 0.1) is 0 Å². The summed E-state index contributed by atoms with van der Waals surface area (Å²) in [5.41, 5.74) is 0. The molecule has 0 saturated carbocycles. The molecule has 0 amide bonds. The van der Waals surface area contributed by atoms with Gasteiger partial charge in [0, 0.05) is 6.42 Å². The first kappa shape index (κ1) is 7.48. The summed E-state index contributed by atoms with van der Waals surface area (Å²) in [4.78, 5) is 0. The van der Waals surface area contributed by atoms with E-state index in [1.54, 1.807) is 6.92 Å². The van der Waals surface area contributed by atoms with Crippen LogP contribution >= 0.6 is 15.9 Å². The van der Waals surface area contributed by atoms with E-state index in [0.29, 0.717) is 12.8 Å². The number of ether oxygens (including phenoxy) is 1. The molecule has 0 aliphatic carbocycles. The Labute approximate surface area is 62.7 Å². The molecule has 1 rings (SSSR count). The Morgan fingerprint density at radius 2 is 2.00 bits per heavy atom. The summed E-state index contributed by atoms with van der Waals surface area (Å²) in [6.07, 6.45) is 1.10. The Hall–Kier alpha value is 0.370. The van der Waals surface area contributed by atoms with E-state index < -0.39 is 10.4 Å². The van der Waals surface area contributed by atoms with E-state index in [1.165, 1.54) is 0 Å². The highest BCUT2D eigenvalue weighted by molar-refractivity contribution is 9.10. The normalized spacial score (nSPS) is 49.3. The minimum Gasteiger partial charge on any atom is -0.318 e. The van der Waals surface area contributed by atoms with Gasteiger partial charge >= 0.3 is 0 Å². The third kappa shape index (κ3) is 0.905. The Bertz CT molecular complexity index is 116. The van der Waals surface area contributed by atoms with Crippen molar-refractivity contribution in [3.63, 3.8) is 0 Å². The second-order valence-electron chi connectivity index (χ2n) is 2.27. The minimum absolute atomic E-state index is 0.423. The quantitative estimate of drug-likeness (QED) is 0.489. The van der Waals surface area contributed by atoms with E-state index in [2.05, 4.69) is 15.9 Å². The van der Waals surface area contributed by atoms with Gasteiger partial charge in [-0.3, -0.25) is 0 Å². The first-order chi connectivity index (χ1) is 4.08. The van der Waals surface area contributed by atoms with Crippen LogP contribution in [0.15, 0.2) is 0 Å². The summed E-state index contributed by atoms with van der Waals surface area (Å²) in [6.45, 7) is 3.67. The molecule has 54 valence electrons. The zero-order chi connectivity index (χ0) is 7.12. The third-order valence-electron chi connectivity index (χ3n) is 1.75. The van der Waals surface area contributed by atoms with Gasteiger partial charge in [-0.2, -0.15) is 0 Å². The van der Waals surface area contributed by atoms with Gasteiger partial charge in [0.1, 0.15) is 0 Å². The molecule has 3 heteroatoms. The third-order valence-corrected chi connectivity index (χ3v) is 3.06. The molecule has 0 aromatic heterocycles. The molecule has 0 aromatic carbocycles. The Balaban J connectivity index is 2.54. The first-order valence-electron chi connectivity index (χ1n) is 3.16. The Morgan fingerprint density at radius 3 is 2.11 bits per heavy atom. The SMILES string of the molecule is CC[C@@]1(Br)O[C@@]1(F)CC. The lowest BCUT2D eigenvalue weighted by atomic mass is 10.2. The zero-order valence-electron chi connectivity index (χ0n) is 5.58. The fourth-order valence-electron chi connectivity index (χ4n) is 0.903. The maximum absolute atomic E-state index is 13.0. The number of epoxide rings is 1. The van der Waals surface area contributed by atoms with Gasteiger partial charge in [-0.25, -0.2) is 4.39 Å². The average molecular weight is 197 g/mol. The summed E-state index contributed by atoms with van der Waals surface area (Å²) < 4.78 is 17.2. The van der Waals surface area contributed by atoms with Gasteiger partial charge in [0.05, 0.1) is 0 Å². The van der Waals surface area contributed by atoms with E-state index in [0.717, 1.165) is 0 Å². The maximum atomic E-state index is 13.0. The van der Waals surface area contributed by atoms with Crippen LogP contribution in [0.25, 0.3) is 0 Å². The molecule has 1 aliphatic heterocycles. The first-order valence-corrected chi connectivity index (χ1v) is 3.95. The highest BCUT2D eigenvalue weighted by Crippen LogP contribution is 2.58. The van der Waals surface area contributed by atoms with Crippen molar-refractivity contribution in [2.75, 3.05) is 0 Å². The fourth-order valence-corrected chi connectivity index (χ4v) is 1.44. The zero-order valence-corrected chi connectivity index (χ0v) is 7.16. The molecule has 1 aliphatic rings. The smallest absolute Gasteiger partial charge is 0.249 e. The van der Waals surface area contributed by atoms with E-state index in [1.807, 2.05) is 6.92 Å². The molecular weight excluding hydrogens is 187 g/mol. The monoisotopic (exact) mass is 196 g/mol. The van der Waals surface area contributed by atoms with Crippen molar-refractivity contribution in [2.45, 2.75) is 37.1 Å². The van der Waals surface area contributed by atoms with Crippen LogP contribution in [0.5, 0.6) is 0 Å². The molecule has 1 saturated heterocycles. The second-order valence-corrected chi connectivity index (χ2v) is 3.55. The van der Waals surface area contributed by atoms with Gasteiger partial charge in [0.15, 0.2) is 4.51 Å². The standard InChI is InChI=1S/C6H10BrFO/c1-3-5(7)6(8,4-2)9-5/h3-4H2,1-2H3/t5-,6+/m1/s1. The molecule has 0 radical (unpaired) electrons. The number of hydrogen-bond acceptors (Lipinski definition) is 1. The highest BCUT2D eigenvalue weighted by atomic mass is 79.9. The van der Waals surface area contributed by atoms with Crippen molar-refractivity contribution >= 4 is 15.9 Å². The molecule has 0 bridgehead atoms. The van der Waals surface area contributed by atoms with Crippen LogP contribution in [0.1, 0.15) is 26.7 Å². The van der Waals surface area contributed by atoms with Crippen LogP contribution in [-0.2, 0) is 4.74 Å². The Morgan fingerprint density at radius 1 is 1.44 bits per heavy atom. The van der Waals surface area contributed by atoms with Gasteiger partial charge in [-0.05, 0) is 22.4 Å². The predicted molar refractivity (Wildman–Crippen MR) is 37.2 cm³/mol. The second kappa shape index (κ2) is 1.92. The van der Waals surface area contributed by atoms with Crippen molar-refractivity contribution in [3.05, 3.63) is 0 Å². The molecule has 0 aromatic rings. The lowest BCUT2D eigenvalue weighted by Gasteiger charge is -2.00. The fraction of sp³-hybridized carbons (Fsp3) is 1.00. The van der Waals surface area contributed by atoms with E-state index >= 15 is 0 Å². The average Bonchev–Trinajstić information content (AvgIpc) is 2.39. The predicted octanol–water partition coefficient (Wildman–Crippen LogP) is 2.59. The van der Waals surface area contributed by atoms with E-state index in [9.17, 15) is 4.39 Å². The van der Waals surface area contributed by atoms with Crippen LogP contribution < -0.4 is 0 Å². The largest absolute Gasteiger partial charge is 0.318 e. The van der Waals surface area contributed by atoms with Crippen molar-refractivity contribution in [2.24, 2.45) is 0 Å². The minimum atomic E-state index is -1.39. The molecular formula is C6H10BrFO. The molecule has 0 spiro atoms. The summed E-state index contributed by atoms with van der Waals surface area (Å²) >= 11 is 3.17. The van der Waals surface area contributed by atoms with E-state index in [4.69, 9.17) is 4.74 Å². The molecule has 1 nitrogen and oxygen atoms in total.